The van der Waals surface area contributed by atoms with Crippen LogP contribution in [0.4, 0.5) is 0 Å². The van der Waals surface area contributed by atoms with Crippen molar-refractivity contribution >= 4 is 0 Å². The zero-order valence-corrected chi connectivity index (χ0v) is 9.09. The first-order valence-electron chi connectivity index (χ1n) is 5.05. The molecule has 1 aromatic heterocycles. The molecular weight excluding hydrogens is 196 g/mol. The molecule has 6 heteroatoms. The molecule has 6 nitrogen and oxygen atoms in total. The fraction of sp³-hybridized carbons (Fsp3) is 0.778. The summed E-state index contributed by atoms with van der Waals surface area (Å²) in [7, 11) is 3.75. The summed E-state index contributed by atoms with van der Waals surface area (Å²) in [5, 5.41) is 4.00. The number of rotatable bonds is 2. The summed E-state index contributed by atoms with van der Waals surface area (Å²) in [6.45, 7) is 3.06. The zero-order valence-electron chi connectivity index (χ0n) is 9.09. The second-order valence-electron chi connectivity index (χ2n) is 3.96. The molecule has 1 aromatic rings. The molecule has 1 aliphatic rings. The lowest BCUT2D eigenvalue weighted by molar-refractivity contribution is -0.0295. The molecule has 0 radical (unpaired) electrons. The maximum atomic E-state index is 11.5. The standard InChI is InChI=1S/C9H16N4O2/c1-11-3-4-15-8(5-11)6-13-9(14)12(2)7-10-13/h7-8H,3-6H2,1-2H3. The van der Waals surface area contributed by atoms with Gasteiger partial charge in [-0.3, -0.25) is 4.57 Å². The highest BCUT2D eigenvalue weighted by Crippen LogP contribution is 2.03. The molecule has 15 heavy (non-hydrogen) atoms. The van der Waals surface area contributed by atoms with Gasteiger partial charge >= 0.3 is 5.69 Å². The fourth-order valence-corrected chi connectivity index (χ4v) is 1.72. The third-order valence-electron chi connectivity index (χ3n) is 2.61. The van der Waals surface area contributed by atoms with Gasteiger partial charge in [-0.05, 0) is 7.05 Å². The van der Waals surface area contributed by atoms with E-state index in [0.717, 1.165) is 19.7 Å². The van der Waals surface area contributed by atoms with Gasteiger partial charge < -0.3 is 9.64 Å². The summed E-state index contributed by atoms with van der Waals surface area (Å²) in [6.07, 6.45) is 1.59. The van der Waals surface area contributed by atoms with Gasteiger partial charge in [-0.15, -0.1) is 0 Å². The highest BCUT2D eigenvalue weighted by molar-refractivity contribution is 4.72. The minimum absolute atomic E-state index is 0.0661. The first-order valence-corrected chi connectivity index (χ1v) is 5.05. The lowest BCUT2D eigenvalue weighted by Crippen LogP contribution is -2.43. The fourth-order valence-electron chi connectivity index (χ4n) is 1.72. The van der Waals surface area contributed by atoms with Crippen molar-refractivity contribution in [1.82, 2.24) is 19.2 Å². The molecule has 0 bridgehead atoms. The Labute approximate surface area is 88.1 Å². The van der Waals surface area contributed by atoms with Crippen LogP contribution in [0.3, 0.4) is 0 Å². The van der Waals surface area contributed by atoms with Gasteiger partial charge in [0, 0.05) is 20.1 Å². The van der Waals surface area contributed by atoms with Crippen LogP contribution in [-0.2, 0) is 18.3 Å². The molecule has 0 amide bonds. The van der Waals surface area contributed by atoms with E-state index in [1.165, 1.54) is 15.6 Å². The van der Waals surface area contributed by atoms with Gasteiger partial charge in [0.15, 0.2) is 0 Å². The molecule has 1 unspecified atom stereocenters. The van der Waals surface area contributed by atoms with Gasteiger partial charge in [0.2, 0.25) is 0 Å². The Balaban J connectivity index is 2.02. The number of aromatic nitrogens is 3. The summed E-state index contributed by atoms with van der Waals surface area (Å²) in [5.74, 6) is 0. The number of ether oxygens (including phenoxy) is 1. The lowest BCUT2D eigenvalue weighted by Gasteiger charge is -2.29. The number of likely N-dealkylation sites (N-methyl/N-ethyl adjacent to an activating group) is 1. The molecule has 0 saturated carbocycles. The first-order chi connectivity index (χ1) is 7.16. The Morgan fingerprint density at radius 1 is 1.60 bits per heavy atom. The average molecular weight is 212 g/mol. The van der Waals surface area contributed by atoms with Gasteiger partial charge in [-0.25, -0.2) is 9.48 Å². The van der Waals surface area contributed by atoms with Crippen molar-refractivity contribution in [2.45, 2.75) is 12.6 Å². The average Bonchev–Trinajstić information content (AvgIpc) is 2.50. The Morgan fingerprint density at radius 3 is 3.00 bits per heavy atom. The predicted molar refractivity (Wildman–Crippen MR) is 54.7 cm³/mol. The van der Waals surface area contributed by atoms with Crippen LogP contribution in [0.15, 0.2) is 11.1 Å². The van der Waals surface area contributed by atoms with E-state index >= 15 is 0 Å². The summed E-state index contributed by atoms with van der Waals surface area (Å²) in [4.78, 5) is 13.7. The van der Waals surface area contributed by atoms with E-state index in [1.807, 2.05) is 0 Å². The summed E-state index contributed by atoms with van der Waals surface area (Å²) in [5.41, 5.74) is -0.0909. The molecular formula is C9H16N4O2. The van der Waals surface area contributed by atoms with E-state index in [4.69, 9.17) is 4.74 Å². The molecule has 1 aliphatic heterocycles. The van der Waals surface area contributed by atoms with Crippen LogP contribution in [-0.4, -0.2) is 52.1 Å². The summed E-state index contributed by atoms with van der Waals surface area (Å²) >= 11 is 0. The van der Waals surface area contributed by atoms with E-state index in [9.17, 15) is 4.79 Å². The van der Waals surface area contributed by atoms with Crippen LogP contribution >= 0.6 is 0 Å². The Hall–Kier alpha value is -1.14. The first kappa shape index (κ1) is 10.4. The maximum absolute atomic E-state index is 11.5. The normalized spacial score (nSPS) is 23.2. The van der Waals surface area contributed by atoms with Crippen molar-refractivity contribution in [1.29, 1.82) is 0 Å². The number of morpholine rings is 1. The van der Waals surface area contributed by atoms with Crippen molar-refractivity contribution in [2.24, 2.45) is 7.05 Å². The Bertz CT molecular complexity index is 384. The zero-order chi connectivity index (χ0) is 10.8. The van der Waals surface area contributed by atoms with Crippen molar-refractivity contribution in [3.8, 4) is 0 Å². The molecule has 0 N–H and O–H groups in total. The quantitative estimate of drug-likeness (QED) is 0.625. The molecule has 1 saturated heterocycles. The van der Waals surface area contributed by atoms with Crippen LogP contribution in [0.5, 0.6) is 0 Å². The molecule has 84 valence electrons. The van der Waals surface area contributed by atoms with Gasteiger partial charge in [-0.1, -0.05) is 0 Å². The molecule has 2 heterocycles. The monoisotopic (exact) mass is 212 g/mol. The maximum Gasteiger partial charge on any atom is 0.345 e. The van der Waals surface area contributed by atoms with Crippen LogP contribution in [0.25, 0.3) is 0 Å². The molecule has 0 aromatic carbocycles. The van der Waals surface area contributed by atoms with E-state index in [-0.39, 0.29) is 11.8 Å². The lowest BCUT2D eigenvalue weighted by atomic mass is 10.3. The van der Waals surface area contributed by atoms with Crippen molar-refractivity contribution in [2.75, 3.05) is 26.7 Å². The van der Waals surface area contributed by atoms with Crippen LogP contribution in [0.1, 0.15) is 0 Å². The second-order valence-corrected chi connectivity index (χ2v) is 3.96. The van der Waals surface area contributed by atoms with Crippen molar-refractivity contribution < 1.29 is 4.74 Å². The van der Waals surface area contributed by atoms with Crippen molar-refractivity contribution in [3.05, 3.63) is 16.8 Å². The van der Waals surface area contributed by atoms with Crippen molar-refractivity contribution in [3.63, 3.8) is 0 Å². The highest BCUT2D eigenvalue weighted by Gasteiger charge is 2.19. The third kappa shape index (κ3) is 2.27. The number of aryl methyl sites for hydroxylation is 1. The Morgan fingerprint density at radius 2 is 2.40 bits per heavy atom. The van der Waals surface area contributed by atoms with Crippen LogP contribution < -0.4 is 5.69 Å². The van der Waals surface area contributed by atoms with Crippen LogP contribution in [0.2, 0.25) is 0 Å². The Kier molecular flexibility index (Phi) is 2.88. The van der Waals surface area contributed by atoms with E-state index < -0.39 is 0 Å². The van der Waals surface area contributed by atoms with E-state index in [1.54, 1.807) is 7.05 Å². The smallest absolute Gasteiger partial charge is 0.345 e. The predicted octanol–water partition coefficient (Wildman–Crippen LogP) is -1.09. The van der Waals surface area contributed by atoms with Gasteiger partial charge in [-0.2, -0.15) is 5.10 Å². The molecule has 1 atom stereocenters. The minimum atomic E-state index is -0.0909. The van der Waals surface area contributed by atoms with E-state index in [0.29, 0.717) is 6.54 Å². The van der Waals surface area contributed by atoms with Gasteiger partial charge in [0.1, 0.15) is 6.33 Å². The second kappa shape index (κ2) is 4.16. The van der Waals surface area contributed by atoms with E-state index in [2.05, 4.69) is 17.0 Å². The largest absolute Gasteiger partial charge is 0.374 e. The highest BCUT2D eigenvalue weighted by atomic mass is 16.5. The number of nitrogens with zero attached hydrogens (tertiary/aromatic N) is 4. The molecule has 0 aliphatic carbocycles. The minimum Gasteiger partial charge on any atom is -0.374 e. The topological polar surface area (TPSA) is 52.3 Å². The molecule has 0 spiro atoms. The SMILES string of the molecule is CN1CCOC(Cn2ncn(C)c2=O)C1. The number of hydrogen-bond acceptors (Lipinski definition) is 4. The molecule has 2 rings (SSSR count). The number of hydrogen-bond donors (Lipinski definition) is 0. The summed E-state index contributed by atoms with van der Waals surface area (Å²) < 4.78 is 8.48. The van der Waals surface area contributed by atoms with Gasteiger partial charge in [0.25, 0.3) is 0 Å². The van der Waals surface area contributed by atoms with Gasteiger partial charge in [0.05, 0.1) is 19.3 Å². The summed E-state index contributed by atoms with van der Waals surface area (Å²) in [6, 6.07) is 0. The third-order valence-corrected chi connectivity index (χ3v) is 2.61. The molecule has 1 fully saturated rings. The van der Waals surface area contributed by atoms with Crippen LogP contribution in [0, 0.1) is 0 Å².